The van der Waals surface area contributed by atoms with E-state index in [2.05, 4.69) is 10.6 Å². The zero-order chi connectivity index (χ0) is 8.81. The number of carbonyl (C=O) groups excluding carboxylic acids is 1. The van der Waals surface area contributed by atoms with E-state index >= 15 is 0 Å². The van der Waals surface area contributed by atoms with Gasteiger partial charge in [0.1, 0.15) is 0 Å². The molecule has 1 saturated heterocycles. The SMILES string of the molecule is CNC(=O)CNCC1CCCO1. The molecule has 1 heterocycles. The highest BCUT2D eigenvalue weighted by atomic mass is 16.5. The van der Waals surface area contributed by atoms with Gasteiger partial charge in [0.15, 0.2) is 0 Å². The van der Waals surface area contributed by atoms with Crippen LogP contribution in [0.2, 0.25) is 0 Å². The molecule has 1 amide bonds. The van der Waals surface area contributed by atoms with Crippen LogP contribution in [-0.4, -0.2) is 38.8 Å². The lowest BCUT2D eigenvalue weighted by atomic mass is 10.2. The molecule has 0 saturated carbocycles. The Morgan fingerprint density at radius 1 is 1.67 bits per heavy atom. The number of likely N-dealkylation sites (N-methyl/N-ethyl adjacent to an activating group) is 1. The Hall–Kier alpha value is -0.610. The van der Waals surface area contributed by atoms with Crippen molar-refractivity contribution in [1.82, 2.24) is 10.6 Å². The van der Waals surface area contributed by atoms with Gasteiger partial charge in [0.2, 0.25) is 5.91 Å². The lowest BCUT2D eigenvalue weighted by molar-refractivity contribution is -0.119. The third kappa shape index (κ3) is 3.19. The van der Waals surface area contributed by atoms with Crippen LogP contribution in [0.3, 0.4) is 0 Å². The van der Waals surface area contributed by atoms with Crippen LogP contribution in [0, 0.1) is 0 Å². The minimum atomic E-state index is 0.0213. The highest BCUT2D eigenvalue weighted by Crippen LogP contribution is 2.10. The molecular weight excluding hydrogens is 156 g/mol. The van der Waals surface area contributed by atoms with Crippen molar-refractivity contribution in [2.24, 2.45) is 0 Å². The molecule has 2 N–H and O–H groups in total. The smallest absolute Gasteiger partial charge is 0.233 e. The van der Waals surface area contributed by atoms with Crippen molar-refractivity contribution in [3.63, 3.8) is 0 Å². The average Bonchev–Trinajstić information content (AvgIpc) is 2.57. The van der Waals surface area contributed by atoms with Crippen molar-refractivity contribution in [2.75, 3.05) is 26.7 Å². The number of nitrogens with one attached hydrogen (secondary N) is 2. The van der Waals surface area contributed by atoms with Crippen molar-refractivity contribution in [1.29, 1.82) is 0 Å². The maximum absolute atomic E-state index is 10.8. The predicted octanol–water partition coefficient (Wildman–Crippen LogP) is -0.499. The number of hydrogen-bond donors (Lipinski definition) is 2. The van der Waals surface area contributed by atoms with Crippen LogP contribution in [0.4, 0.5) is 0 Å². The monoisotopic (exact) mass is 172 g/mol. The molecule has 1 atom stereocenters. The number of hydrogen-bond acceptors (Lipinski definition) is 3. The summed E-state index contributed by atoms with van der Waals surface area (Å²) in [6.45, 7) is 2.04. The zero-order valence-electron chi connectivity index (χ0n) is 7.43. The summed E-state index contributed by atoms with van der Waals surface area (Å²) >= 11 is 0. The lowest BCUT2D eigenvalue weighted by Crippen LogP contribution is -2.35. The Morgan fingerprint density at radius 3 is 3.08 bits per heavy atom. The first-order chi connectivity index (χ1) is 5.83. The van der Waals surface area contributed by atoms with E-state index in [0.717, 1.165) is 26.0 Å². The topological polar surface area (TPSA) is 50.4 Å². The van der Waals surface area contributed by atoms with Gasteiger partial charge in [-0.15, -0.1) is 0 Å². The molecule has 70 valence electrons. The molecule has 1 aliphatic heterocycles. The van der Waals surface area contributed by atoms with Crippen LogP contribution < -0.4 is 10.6 Å². The summed E-state index contributed by atoms with van der Waals surface area (Å²) in [5, 5.41) is 5.59. The second-order valence-corrected chi connectivity index (χ2v) is 2.94. The van der Waals surface area contributed by atoms with E-state index in [1.54, 1.807) is 7.05 Å². The molecule has 1 aliphatic rings. The highest BCUT2D eigenvalue weighted by Gasteiger charge is 2.14. The molecular formula is C8H16N2O2. The van der Waals surface area contributed by atoms with Crippen LogP contribution in [0.5, 0.6) is 0 Å². The van der Waals surface area contributed by atoms with Crippen LogP contribution >= 0.6 is 0 Å². The Morgan fingerprint density at radius 2 is 2.50 bits per heavy atom. The first-order valence-corrected chi connectivity index (χ1v) is 4.36. The van der Waals surface area contributed by atoms with Gasteiger partial charge in [-0.2, -0.15) is 0 Å². The second kappa shape index (κ2) is 5.11. The van der Waals surface area contributed by atoms with E-state index in [-0.39, 0.29) is 5.91 Å². The van der Waals surface area contributed by atoms with Crippen molar-refractivity contribution >= 4 is 5.91 Å². The summed E-state index contributed by atoms with van der Waals surface area (Å²) in [7, 11) is 1.64. The molecule has 1 rings (SSSR count). The summed E-state index contributed by atoms with van der Waals surface area (Å²) in [5.74, 6) is 0.0213. The van der Waals surface area contributed by atoms with Crippen LogP contribution in [0.25, 0.3) is 0 Å². The maximum Gasteiger partial charge on any atom is 0.233 e. The molecule has 0 aromatic heterocycles. The Bertz CT molecular complexity index is 144. The predicted molar refractivity (Wildman–Crippen MR) is 45.9 cm³/mol. The Balaban J connectivity index is 1.97. The largest absolute Gasteiger partial charge is 0.377 e. The molecule has 0 aliphatic carbocycles. The van der Waals surface area contributed by atoms with Gasteiger partial charge in [-0.25, -0.2) is 0 Å². The van der Waals surface area contributed by atoms with Crippen LogP contribution in [-0.2, 0) is 9.53 Å². The first-order valence-electron chi connectivity index (χ1n) is 4.36. The van der Waals surface area contributed by atoms with E-state index in [9.17, 15) is 4.79 Å². The molecule has 0 spiro atoms. The summed E-state index contributed by atoms with van der Waals surface area (Å²) < 4.78 is 5.37. The molecule has 0 aromatic carbocycles. The van der Waals surface area contributed by atoms with E-state index in [0.29, 0.717) is 12.6 Å². The van der Waals surface area contributed by atoms with E-state index < -0.39 is 0 Å². The fourth-order valence-electron chi connectivity index (χ4n) is 1.24. The summed E-state index contributed by atoms with van der Waals surface area (Å²) in [5.41, 5.74) is 0. The highest BCUT2D eigenvalue weighted by molar-refractivity contribution is 5.77. The molecule has 1 unspecified atom stereocenters. The normalized spacial score (nSPS) is 22.6. The fraction of sp³-hybridized carbons (Fsp3) is 0.875. The Labute approximate surface area is 72.7 Å². The van der Waals surface area contributed by atoms with Crippen molar-refractivity contribution in [3.8, 4) is 0 Å². The molecule has 0 bridgehead atoms. The zero-order valence-corrected chi connectivity index (χ0v) is 7.43. The van der Waals surface area contributed by atoms with Gasteiger partial charge in [-0.05, 0) is 12.8 Å². The summed E-state index contributed by atoms with van der Waals surface area (Å²) in [6, 6.07) is 0. The van der Waals surface area contributed by atoms with Gasteiger partial charge in [-0.3, -0.25) is 4.79 Å². The van der Waals surface area contributed by atoms with Crippen LogP contribution in [0.1, 0.15) is 12.8 Å². The van der Waals surface area contributed by atoms with Crippen molar-refractivity contribution in [3.05, 3.63) is 0 Å². The minimum absolute atomic E-state index is 0.0213. The summed E-state index contributed by atoms with van der Waals surface area (Å²) in [6.07, 6.45) is 2.57. The number of carbonyl (C=O) groups is 1. The number of rotatable bonds is 4. The number of amides is 1. The third-order valence-corrected chi connectivity index (χ3v) is 1.96. The van der Waals surface area contributed by atoms with Gasteiger partial charge in [0.05, 0.1) is 12.6 Å². The first kappa shape index (κ1) is 9.48. The van der Waals surface area contributed by atoms with E-state index in [4.69, 9.17) is 4.74 Å². The van der Waals surface area contributed by atoms with Gasteiger partial charge >= 0.3 is 0 Å². The van der Waals surface area contributed by atoms with E-state index in [1.807, 2.05) is 0 Å². The van der Waals surface area contributed by atoms with Crippen molar-refractivity contribution in [2.45, 2.75) is 18.9 Å². The van der Waals surface area contributed by atoms with Gasteiger partial charge in [0.25, 0.3) is 0 Å². The molecule has 1 fully saturated rings. The standard InChI is InChI=1S/C8H16N2O2/c1-9-8(11)6-10-5-7-3-2-4-12-7/h7,10H,2-6H2,1H3,(H,9,11). The average molecular weight is 172 g/mol. The van der Waals surface area contributed by atoms with Gasteiger partial charge in [0, 0.05) is 20.2 Å². The number of ether oxygens (including phenoxy) is 1. The summed E-state index contributed by atoms with van der Waals surface area (Å²) in [4.78, 5) is 10.8. The third-order valence-electron chi connectivity index (χ3n) is 1.96. The quantitative estimate of drug-likeness (QED) is 0.601. The van der Waals surface area contributed by atoms with Crippen molar-refractivity contribution < 1.29 is 9.53 Å². The molecule has 0 aromatic rings. The second-order valence-electron chi connectivity index (χ2n) is 2.94. The van der Waals surface area contributed by atoms with Gasteiger partial charge < -0.3 is 15.4 Å². The van der Waals surface area contributed by atoms with E-state index in [1.165, 1.54) is 0 Å². The molecule has 4 heteroatoms. The minimum Gasteiger partial charge on any atom is -0.377 e. The lowest BCUT2D eigenvalue weighted by Gasteiger charge is -2.09. The van der Waals surface area contributed by atoms with Crippen LogP contribution in [0.15, 0.2) is 0 Å². The molecule has 0 radical (unpaired) electrons. The fourth-order valence-corrected chi connectivity index (χ4v) is 1.24. The Kier molecular flexibility index (Phi) is 4.04. The van der Waals surface area contributed by atoms with Gasteiger partial charge in [-0.1, -0.05) is 0 Å². The molecule has 12 heavy (non-hydrogen) atoms. The maximum atomic E-state index is 10.8. The molecule has 4 nitrogen and oxygen atoms in total.